The number of nitrogens with one attached hydrogen (secondary N) is 1. The van der Waals surface area contributed by atoms with Gasteiger partial charge in [-0.05, 0) is 31.2 Å². The fourth-order valence-electron chi connectivity index (χ4n) is 2.46. The first-order valence-corrected chi connectivity index (χ1v) is 7.41. The summed E-state index contributed by atoms with van der Waals surface area (Å²) in [6, 6.07) is 12.5. The zero-order valence-electron chi connectivity index (χ0n) is 12.9. The van der Waals surface area contributed by atoms with E-state index in [2.05, 4.69) is 10.3 Å². The molecular formula is C18H15F2N3O. The summed E-state index contributed by atoms with van der Waals surface area (Å²) < 4.78 is 28.8. The Morgan fingerprint density at radius 3 is 2.62 bits per heavy atom. The van der Waals surface area contributed by atoms with Crippen LogP contribution in [0.4, 0.5) is 8.78 Å². The third-order valence-electron chi connectivity index (χ3n) is 3.63. The van der Waals surface area contributed by atoms with Gasteiger partial charge in [-0.1, -0.05) is 24.3 Å². The molecule has 0 radical (unpaired) electrons. The first kappa shape index (κ1) is 15.9. The third-order valence-corrected chi connectivity index (χ3v) is 3.63. The molecule has 1 unspecified atom stereocenters. The molecule has 0 aliphatic rings. The third kappa shape index (κ3) is 3.03. The number of benzene rings is 2. The zero-order chi connectivity index (χ0) is 17.1. The number of imidazole rings is 1. The van der Waals surface area contributed by atoms with Crippen molar-refractivity contribution in [3.05, 3.63) is 83.9 Å². The van der Waals surface area contributed by atoms with Crippen LogP contribution in [-0.2, 0) is 0 Å². The second-order valence-electron chi connectivity index (χ2n) is 5.29. The van der Waals surface area contributed by atoms with E-state index >= 15 is 0 Å². The van der Waals surface area contributed by atoms with Crippen molar-refractivity contribution in [1.82, 2.24) is 14.9 Å². The maximum absolute atomic E-state index is 13.7. The van der Waals surface area contributed by atoms with E-state index in [1.807, 2.05) is 34.9 Å². The van der Waals surface area contributed by atoms with Crippen LogP contribution in [0.25, 0.3) is 5.69 Å². The molecule has 6 heteroatoms. The fourth-order valence-corrected chi connectivity index (χ4v) is 2.46. The predicted molar refractivity (Wildman–Crippen MR) is 85.8 cm³/mol. The quantitative estimate of drug-likeness (QED) is 0.795. The van der Waals surface area contributed by atoms with Crippen molar-refractivity contribution in [2.45, 2.75) is 13.0 Å². The maximum Gasteiger partial charge on any atom is 0.254 e. The van der Waals surface area contributed by atoms with Crippen molar-refractivity contribution in [1.29, 1.82) is 0 Å². The molecular weight excluding hydrogens is 312 g/mol. The summed E-state index contributed by atoms with van der Waals surface area (Å²) >= 11 is 0. The minimum Gasteiger partial charge on any atom is -0.342 e. The van der Waals surface area contributed by atoms with Gasteiger partial charge in [-0.2, -0.15) is 0 Å². The Hall–Kier alpha value is -3.02. The Morgan fingerprint density at radius 1 is 1.12 bits per heavy atom. The van der Waals surface area contributed by atoms with Crippen LogP contribution < -0.4 is 5.32 Å². The number of para-hydroxylation sites is 1. The molecule has 2 aromatic carbocycles. The Morgan fingerprint density at radius 2 is 1.88 bits per heavy atom. The monoisotopic (exact) mass is 327 g/mol. The largest absolute Gasteiger partial charge is 0.342 e. The van der Waals surface area contributed by atoms with Gasteiger partial charge in [0.05, 0.1) is 11.6 Å². The second kappa shape index (κ2) is 6.62. The van der Waals surface area contributed by atoms with Crippen LogP contribution in [0.3, 0.4) is 0 Å². The summed E-state index contributed by atoms with van der Waals surface area (Å²) in [7, 11) is 0. The van der Waals surface area contributed by atoms with Gasteiger partial charge in [-0.15, -0.1) is 0 Å². The number of halogens is 2. The minimum atomic E-state index is -1.16. The van der Waals surface area contributed by atoms with E-state index < -0.39 is 23.6 Å². The highest BCUT2D eigenvalue weighted by Gasteiger charge is 2.20. The molecule has 1 amide bonds. The maximum atomic E-state index is 13.7. The summed E-state index contributed by atoms with van der Waals surface area (Å²) in [4.78, 5) is 16.5. The van der Waals surface area contributed by atoms with Crippen molar-refractivity contribution >= 4 is 5.91 Å². The number of aromatic nitrogens is 2. The molecule has 0 bridgehead atoms. The molecule has 0 aliphatic heterocycles. The molecule has 0 fully saturated rings. The molecule has 4 nitrogen and oxygen atoms in total. The molecule has 1 aromatic heterocycles. The van der Waals surface area contributed by atoms with Crippen LogP contribution in [0, 0.1) is 11.6 Å². The summed E-state index contributed by atoms with van der Waals surface area (Å²) in [6.07, 6.45) is 3.39. The highest BCUT2D eigenvalue weighted by molar-refractivity contribution is 5.94. The minimum absolute atomic E-state index is 0.334. The Balaban J connectivity index is 1.84. The van der Waals surface area contributed by atoms with E-state index in [1.54, 1.807) is 19.3 Å². The van der Waals surface area contributed by atoms with Crippen molar-refractivity contribution in [3.63, 3.8) is 0 Å². The van der Waals surface area contributed by atoms with Gasteiger partial charge >= 0.3 is 0 Å². The van der Waals surface area contributed by atoms with Gasteiger partial charge in [0.1, 0.15) is 5.82 Å². The van der Waals surface area contributed by atoms with Crippen LogP contribution in [0.15, 0.2) is 60.9 Å². The average molecular weight is 327 g/mol. The van der Waals surface area contributed by atoms with Crippen LogP contribution >= 0.6 is 0 Å². The van der Waals surface area contributed by atoms with Crippen LogP contribution in [0.1, 0.15) is 29.1 Å². The fraction of sp³-hybridized carbons (Fsp3) is 0.111. The van der Waals surface area contributed by atoms with Gasteiger partial charge in [0, 0.05) is 18.1 Å². The molecule has 24 heavy (non-hydrogen) atoms. The summed E-state index contributed by atoms with van der Waals surface area (Å²) in [5.74, 6) is -2.32. The van der Waals surface area contributed by atoms with Crippen molar-refractivity contribution in [3.8, 4) is 5.69 Å². The van der Waals surface area contributed by atoms with Gasteiger partial charge in [-0.25, -0.2) is 13.8 Å². The van der Waals surface area contributed by atoms with Crippen LogP contribution in [0.2, 0.25) is 0 Å². The van der Waals surface area contributed by atoms with E-state index in [1.165, 1.54) is 12.1 Å². The molecule has 1 atom stereocenters. The predicted octanol–water partition coefficient (Wildman–Crippen LogP) is 3.64. The number of rotatable bonds is 4. The molecule has 0 saturated carbocycles. The van der Waals surface area contributed by atoms with E-state index in [0.29, 0.717) is 5.82 Å². The summed E-state index contributed by atoms with van der Waals surface area (Å²) in [5, 5.41) is 2.65. The van der Waals surface area contributed by atoms with Gasteiger partial charge in [0.25, 0.3) is 5.91 Å². The van der Waals surface area contributed by atoms with Crippen LogP contribution in [-0.4, -0.2) is 15.5 Å². The SMILES string of the molecule is CC(NC(=O)c1cccc(F)c1F)c1nccn1-c1ccccc1. The molecule has 0 spiro atoms. The van der Waals surface area contributed by atoms with Gasteiger partial charge < -0.3 is 9.88 Å². The van der Waals surface area contributed by atoms with E-state index in [0.717, 1.165) is 11.8 Å². The number of amides is 1. The van der Waals surface area contributed by atoms with Crippen molar-refractivity contribution < 1.29 is 13.6 Å². The smallest absolute Gasteiger partial charge is 0.254 e. The van der Waals surface area contributed by atoms with Crippen LogP contribution in [0.5, 0.6) is 0 Å². The first-order chi connectivity index (χ1) is 11.6. The number of hydrogen-bond donors (Lipinski definition) is 1. The van der Waals surface area contributed by atoms with Crippen molar-refractivity contribution in [2.24, 2.45) is 0 Å². The second-order valence-corrected chi connectivity index (χ2v) is 5.29. The Labute approximate surface area is 137 Å². The lowest BCUT2D eigenvalue weighted by atomic mass is 10.1. The molecule has 1 heterocycles. The van der Waals surface area contributed by atoms with Crippen molar-refractivity contribution in [2.75, 3.05) is 0 Å². The lowest BCUT2D eigenvalue weighted by Crippen LogP contribution is -2.29. The summed E-state index contributed by atoms with van der Waals surface area (Å²) in [6.45, 7) is 1.73. The molecule has 1 N–H and O–H groups in total. The summed E-state index contributed by atoms with van der Waals surface area (Å²) in [5.41, 5.74) is 0.558. The van der Waals surface area contributed by atoms with E-state index in [4.69, 9.17) is 0 Å². The van der Waals surface area contributed by atoms with Gasteiger partial charge in [0.15, 0.2) is 11.6 Å². The number of carbonyl (C=O) groups is 1. The highest BCUT2D eigenvalue weighted by atomic mass is 19.2. The number of hydrogen-bond acceptors (Lipinski definition) is 2. The lowest BCUT2D eigenvalue weighted by Gasteiger charge is -2.16. The first-order valence-electron chi connectivity index (χ1n) is 7.41. The molecule has 0 saturated heterocycles. The lowest BCUT2D eigenvalue weighted by molar-refractivity contribution is 0.0933. The standard InChI is InChI=1S/C18H15F2N3O/c1-12(22-18(24)14-8-5-9-15(19)16(14)20)17-21-10-11-23(17)13-6-3-2-4-7-13/h2-12H,1H3,(H,22,24). The normalized spacial score (nSPS) is 12.0. The Bertz CT molecular complexity index is 862. The van der Waals surface area contributed by atoms with E-state index in [-0.39, 0.29) is 5.56 Å². The number of nitrogens with zero attached hydrogens (tertiary/aromatic N) is 2. The van der Waals surface area contributed by atoms with E-state index in [9.17, 15) is 13.6 Å². The molecule has 122 valence electrons. The molecule has 3 rings (SSSR count). The van der Waals surface area contributed by atoms with Gasteiger partial charge in [-0.3, -0.25) is 4.79 Å². The topological polar surface area (TPSA) is 46.9 Å². The molecule has 3 aromatic rings. The Kier molecular flexibility index (Phi) is 4.37. The highest BCUT2D eigenvalue weighted by Crippen LogP contribution is 2.18. The number of carbonyl (C=O) groups excluding carboxylic acids is 1. The average Bonchev–Trinajstić information content (AvgIpc) is 3.08. The molecule has 0 aliphatic carbocycles. The zero-order valence-corrected chi connectivity index (χ0v) is 12.9. The van der Waals surface area contributed by atoms with Gasteiger partial charge in [0.2, 0.25) is 0 Å².